The molecule has 0 aliphatic carbocycles. The summed E-state index contributed by atoms with van der Waals surface area (Å²) in [6.07, 6.45) is 16.5. The molecule has 212 valence electrons. The zero-order chi connectivity index (χ0) is 27.5. The average molecular weight is 547 g/mol. The van der Waals surface area contributed by atoms with Crippen LogP contribution in [0.25, 0.3) is 0 Å². The number of carbonyl (C=O) groups is 1. The van der Waals surface area contributed by atoms with Gasteiger partial charge in [-0.2, -0.15) is 8.42 Å². The number of ether oxygens (including phenoxy) is 2. The summed E-state index contributed by atoms with van der Waals surface area (Å²) in [5.41, 5.74) is 2.29. The first-order valence-corrected chi connectivity index (χ1v) is 15.6. The predicted molar refractivity (Wildman–Crippen MR) is 152 cm³/mol. The van der Waals surface area contributed by atoms with E-state index in [0.717, 1.165) is 24.8 Å². The zero-order valence-corrected chi connectivity index (χ0v) is 24.1. The van der Waals surface area contributed by atoms with Crippen molar-refractivity contribution in [2.75, 3.05) is 20.3 Å². The summed E-state index contributed by atoms with van der Waals surface area (Å²) >= 11 is 0. The van der Waals surface area contributed by atoms with Crippen LogP contribution in [0.15, 0.2) is 53.4 Å². The number of esters is 1. The molecule has 0 atom stereocenters. The summed E-state index contributed by atoms with van der Waals surface area (Å²) in [7, 11) is -2.31. The van der Waals surface area contributed by atoms with Crippen LogP contribution < -0.4 is 4.74 Å². The Kier molecular flexibility index (Phi) is 15.8. The summed E-state index contributed by atoms with van der Waals surface area (Å²) in [4.78, 5) is 11.2. The van der Waals surface area contributed by atoms with Gasteiger partial charge in [-0.3, -0.25) is 8.98 Å². The lowest BCUT2D eigenvalue weighted by molar-refractivity contribution is -0.140. The molecule has 0 aliphatic heterocycles. The van der Waals surface area contributed by atoms with Crippen LogP contribution in [0.1, 0.15) is 94.6 Å². The van der Waals surface area contributed by atoms with E-state index >= 15 is 0 Å². The maximum atomic E-state index is 12.2. The minimum absolute atomic E-state index is 0.0313. The van der Waals surface area contributed by atoms with Crippen molar-refractivity contribution in [2.45, 2.75) is 102 Å². The highest BCUT2D eigenvalue weighted by molar-refractivity contribution is 7.86. The third-order valence-corrected chi connectivity index (χ3v) is 7.97. The van der Waals surface area contributed by atoms with E-state index in [2.05, 4.69) is 16.9 Å². The van der Waals surface area contributed by atoms with Crippen molar-refractivity contribution in [3.05, 3.63) is 59.7 Å². The summed E-state index contributed by atoms with van der Waals surface area (Å²) in [5.74, 6) is 0.619. The number of benzene rings is 2. The minimum atomic E-state index is -3.76. The van der Waals surface area contributed by atoms with Crippen molar-refractivity contribution >= 4 is 16.1 Å². The number of hydrogen-bond donors (Lipinski definition) is 0. The largest absolute Gasteiger partial charge is 0.491 e. The number of carbonyl (C=O) groups excluding carboxylic acids is 1. The quantitative estimate of drug-likeness (QED) is 0.0913. The van der Waals surface area contributed by atoms with Gasteiger partial charge in [0.25, 0.3) is 10.1 Å². The van der Waals surface area contributed by atoms with E-state index < -0.39 is 10.1 Å². The van der Waals surface area contributed by atoms with Crippen LogP contribution in [0.5, 0.6) is 5.75 Å². The zero-order valence-electron chi connectivity index (χ0n) is 23.3. The lowest BCUT2D eigenvalue weighted by Crippen LogP contribution is -2.13. The van der Waals surface area contributed by atoms with E-state index in [9.17, 15) is 13.2 Å². The molecule has 0 spiro atoms. The number of rotatable bonds is 21. The molecule has 2 aromatic rings. The first-order valence-electron chi connectivity index (χ1n) is 14.2. The smallest absolute Gasteiger partial charge is 0.305 e. The first kappa shape index (κ1) is 31.8. The molecule has 0 aliphatic rings. The molecule has 0 amide bonds. The summed E-state index contributed by atoms with van der Waals surface area (Å²) in [6.45, 7) is 2.04. The fraction of sp³-hybridized carbons (Fsp3) is 0.581. The molecule has 0 aromatic heterocycles. The van der Waals surface area contributed by atoms with E-state index in [-0.39, 0.29) is 24.1 Å². The Hall–Kier alpha value is -2.38. The van der Waals surface area contributed by atoms with E-state index in [0.29, 0.717) is 12.2 Å². The van der Waals surface area contributed by atoms with Gasteiger partial charge >= 0.3 is 5.97 Å². The van der Waals surface area contributed by atoms with Crippen LogP contribution in [-0.4, -0.2) is 34.7 Å². The molecule has 0 fully saturated rings. The fourth-order valence-electron chi connectivity index (χ4n) is 4.30. The number of unbranched alkanes of at least 4 members (excludes halogenated alkanes) is 11. The molecule has 38 heavy (non-hydrogen) atoms. The number of methoxy groups -OCH3 is 1. The van der Waals surface area contributed by atoms with Gasteiger partial charge in [-0.05, 0) is 56.0 Å². The maximum absolute atomic E-state index is 12.2. The van der Waals surface area contributed by atoms with Gasteiger partial charge in [0.1, 0.15) is 19.0 Å². The van der Waals surface area contributed by atoms with Crippen molar-refractivity contribution in [1.82, 2.24) is 0 Å². The molecule has 0 bridgehead atoms. The van der Waals surface area contributed by atoms with Crippen LogP contribution in [0.4, 0.5) is 0 Å². The Morgan fingerprint density at radius 1 is 0.684 bits per heavy atom. The van der Waals surface area contributed by atoms with Crippen LogP contribution >= 0.6 is 0 Å². The number of hydrogen-bond acceptors (Lipinski definition) is 6. The normalized spacial score (nSPS) is 11.4. The van der Waals surface area contributed by atoms with Gasteiger partial charge in [-0.15, -0.1) is 0 Å². The van der Waals surface area contributed by atoms with Crippen LogP contribution in [-0.2, 0) is 30.3 Å². The van der Waals surface area contributed by atoms with Crippen molar-refractivity contribution < 1.29 is 26.9 Å². The van der Waals surface area contributed by atoms with E-state index in [4.69, 9.17) is 8.92 Å². The molecular formula is C31H46O6S. The van der Waals surface area contributed by atoms with E-state index in [1.54, 1.807) is 24.3 Å². The van der Waals surface area contributed by atoms with Crippen LogP contribution in [0.2, 0.25) is 0 Å². The SMILES string of the molecule is COC(=O)CCCCCCCCCCCCCCc1ccc(OCCOS(=O)(=O)c2ccc(C)cc2)cc1. The lowest BCUT2D eigenvalue weighted by Gasteiger charge is -2.09. The molecule has 0 N–H and O–H groups in total. The van der Waals surface area contributed by atoms with Crippen LogP contribution in [0.3, 0.4) is 0 Å². The van der Waals surface area contributed by atoms with Crippen molar-refractivity contribution in [2.24, 2.45) is 0 Å². The minimum Gasteiger partial charge on any atom is -0.491 e. The van der Waals surface area contributed by atoms with Crippen molar-refractivity contribution in [3.63, 3.8) is 0 Å². The molecule has 2 rings (SSSR count). The Morgan fingerprint density at radius 3 is 1.76 bits per heavy atom. The Balaban J connectivity index is 1.43. The topological polar surface area (TPSA) is 78.9 Å². The second-order valence-corrected chi connectivity index (χ2v) is 11.5. The van der Waals surface area contributed by atoms with Gasteiger partial charge in [0.15, 0.2) is 0 Å². The van der Waals surface area contributed by atoms with Gasteiger partial charge < -0.3 is 9.47 Å². The molecule has 0 heterocycles. The Morgan fingerprint density at radius 2 is 1.21 bits per heavy atom. The molecule has 2 aromatic carbocycles. The molecule has 0 saturated carbocycles. The maximum Gasteiger partial charge on any atom is 0.305 e. The molecular weight excluding hydrogens is 500 g/mol. The standard InChI is InChI=1S/C31H46O6S/c1-27-17-23-30(24-18-27)38(33,34)37-26-25-36-29-21-19-28(20-22-29)15-13-11-9-7-5-3-4-6-8-10-12-14-16-31(32)35-2/h17-24H,3-16,25-26H2,1-2H3. The summed E-state index contributed by atoms with van der Waals surface area (Å²) < 4.78 is 39.8. The lowest BCUT2D eigenvalue weighted by atomic mass is 10.0. The van der Waals surface area contributed by atoms with Gasteiger partial charge in [0.2, 0.25) is 0 Å². The van der Waals surface area contributed by atoms with Gasteiger partial charge in [-0.25, -0.2) is 0 Å². The number of aryl methyl sites for hydroxylation is 2. The van der Waals surface area contributed by atoms with Crippen molar-refractivity contribution in [1.29, 1.82) is 0 Å². The summed E-state index contributed by atoms with van der Waals surface area (Å²) in [6, 6.07) is 14.6. The second-order valence-electron chi connectivity index (χ2n) is 9.90. The Bertz CT molecular complexity index is 1000. The highest BCUT2D eigenvalue weighted by Crippen LogP contribution is 2.17. The average Bonchev–Trinajstić information content (AvgIpc) is 2.92. The van der Waals surface area contributed by atoms with Crippen molar-refractivity contribution in [3.8, 4) is 5.75 Å². The molecule has 0 saturated heterocycles. The third kappa shape index (κ3) is 14.0. The first-order chi connectivity index (χ1) is 18.4. The second kappa shape index (κ2) is 18.8. The van der Waals surface area contributed by atoms with Crippen LogP contribution in [0, 0.1) is 6.92 Å². The molecule has 6 nitrogen and oxygen atoms in total. The third-order valence-electron chi connectivity index (χ3n) is 6.65. The Labute approximate surface area is 230 Å². The molecule has 0 unspecified atom stereocenters. The van der Waals surface area contributed by atoms with Gasteiger partial charge in [0, 0.05) is 6.42 Å². The van der Waals surface area contributed by atoms with Gasteiger partial charge in [0.05, 0.1) is 12.0 Å². The monoisotopic (exact) mass is 546 g/mol. The highest BCUT2D eigenvalue weighted by Gasteiger charge is 2.14. The van der Waals surface area contributed by atoms with Gasteiger partial charge in [-0.1, -0.05) is 94.0 Å². The fourth-order valence-corrected chi connectivity index (χ4v) is 5.19. The molecule has 7 heteroatoms. The predicted octanol–water partition coefficient (Wildman–Crippen LogP) is 7.57. The van der Waals surface area contributed by atoms with E-state index in [1.165, 1.54) is 76.9 Å². The summed E-state index contributed by atoms with van der Waals surface area (Å²) in [5, 5.41) is 0. The molecule has 0 radical (unpaired) electrons. The van der Waals surface area contributed by atoms with E-state index in [1.807, 2.05) is 19.1 Å². The highest BCUT2D eigenvalue weighted by atomic mass is 32.2.